The first-order valence-electron chi connectivity index (χ1n) is 9.71. The minimum Gasteiger partial charge on any atom is -0.494 e. The first-order chi connectivity index (χ1) is 14.7. The molecule has 0 saturated heterocycles. The summed E-state index contributed by atoms with van der Waals surface area (Å²) < 4.78 is 1.92. The Morgan fingerprint density at radius 2 is 1.77 bits per heavy atom. The summed E-state index contributed by atoms with van der Waals surface area (Å²) in [5.41, 5.74) is 5.89. The van der Waals surface area contributed by atoms with E-state index >= 15 is 0 Å². The fraction of sp³-hybridized carbons (Fsp3) is 0.0400. The Hall–Kier alpha value is -4.12. The largest absolute Gasteiger partial charge is 0.494 e. The molecule has 5 rings (SSSR count). The molecule has 0 unspecified atom stereocenters. The molecule has 0 spiro atoms. The van der Waals surface area contributed by atoms with E-state index < -0.39 is 0 Å². The Morgan fingerprint density at radius 1 is 0.967 bits per heavy atom. The predicted molar refractivity (Wildman–Crippen MR) is 120 cm³/mol. The third-order valence-electron chi connectivity index (χ3n) is 5.06. The number of benzene rings is 3. The number of aromatic amines is 1. The molecular weight excluding hydrogens is 372 g/mol. The van der Waals surface area contributed by atoms with Gasteiger partial charge in [-0.25, -0.2) is 9.98 Å². The lowest BCUT2D eigenvalue weighted by molar-refractivity contribution is 0.457. The number of rotatable bonds is 4. The molecule has 30 heavy (non-hydrogen) atoms. The third-order valence-corrected chi connectivity index (χ3v) is 5.06. The zero-order valence-electron chi connectivity index (χ0n) is 16.4. The summed E-state index contributed by atoms with van der Waals surface area (Å²) in [5, 5.41) is 11.7. The van der Waals surface area contributed by atoms with Gasteiger partial charge in [-0.2, -0.15) is 0 Å². The van der Waals surface area contributed by atoms with Crippen LogP contribution in [-0.2, 0) is 7.05 Å². The van der Waals surface area contributed by atoms with Crippen LogP contribution in [0.4, 0.5) is 5.69 Å². The summed E-state index contributed by atoms with van der Waals surface area (Å²) in [6.07, 6.45) is 3.76. The van der Waals surface area contributed by atoms with Crippen LogP contribution >= 0.6 is 0 Å². The van der Waals surface area contributed by atoms with E-state index in [-0.39, 0.29) is 5.88 Å². The average molecular weight is 392 g/mol. The van der Waals surface area contributed by atoms with Crippen molar-refractivity contribution in [3.8, 4) is 17.1 Å². The number of hydrogen-bond acceptors (Lipinski definition) is 3. The summed E-state index contributed by atoms with van der Waals surface area (Å²) in [7, 11) is 1.95. The minimum absolute atomic E-state index is 0.111. The molecule has 0 aliphatic rings. The van der Waals surface area contributed by atoms with Crippen molar-refractivity contribution < 1.29 is 5.11 Å². The maximum atomic E-state index is 10.7. The van der Waals surface area contributed by atoms with Crippen LogP contribution < -0.4 is 0 Å². The van der Waals surface area contributed by atoms with E-state index in [1.54, 1.807) is 6.33 Å². The van der Waals surface area contributed by atoms with Gasteiger partial charge in [0.15, 0.2) is 5.88 Å². The van der Waals surface area contributed by atoms with Crippen LogP contribution in [0.5, 0.6) is 5.88 Å². The second-order valence-electron chi connectivity index (χ2n) is 7.20. The number of nitrogens with zero attached hydrogens (tertiary/aromatic N) is 3. The maximum Gasteiger partial charge on any atom is 0.199 e. The van der Waals surface area contributed by atoms with Gasteiger partial charge >= 0.3 is 0 Å². The van der Waals surface area contributed by atoms with Gasteiger partial charge < -0.3 is 14.7 Å². The summed E-state index contributed by atoms with van der Waals surface area (Å²) in [6.45, 7) is 0. The summed E-state index contributed by atoms with van der Waals surface area (Å²) in [6, 6.07) is 25.7. The molecule has 2 N–H and O–H groups in total. The van der Waals surface area contributed by atoms with Crippen LogP contribution in [0.2, 0.25) is 0 Å². The average Bonchev–Trinajstić information content (AvgIpc) is 3.35. The normalized spacial score (nSPS) is 11.8. The second kappa shape index (κ2) is 7.37. The Morgan fingerprint density at radius 3 is 2.57 bits per heavy atom. The van der Waals surface area contributed by atoms with E-state index in [4.69, 9.17) is 4.99 Å². The summed E-state index contributed by atoms with van der Waals surface area (Å²) >= 11 is 0. The molecule has 0 aliphatic heterocycles. The van der Waals surface area contributed by atoms with Crippen molar-refractivity contribution in [1.29, 1.82) is 0 Å². The fourth-order valence-electron chi connectivity index (χ4n) is 3.65. The van der Waals surface area contributed by atoms with Crippen molar-refractivity contribution in [2.45, 2.75) is 0 Å². The van der Waals surface area contributed by atoms with E-state index in [2.05, 4.69) is 9.97 Å². The molecule has 146 valence electrons. The predicted octanol–water partition coefficient (Wildman–Crippen LogP) is 5.44. The van der Waals surface area contributed by atoms with Gasteiger partial charge in [0, 0.05) is 35.3 Å². The Kier molecular flexibility index (Phi) is 4.41. The molecule has 0 bridgehead atoms. The van der Waals surface area contributed by atoms with Gasteiger partial charge in [-0.1, -0.05) is 60.7 Å². The molecule has 5 nitrogen and oxygen atoms in total. The molecule has 3 aromatic carbocycles. The summed E-state index contributed by atoms with van der Waals surface area (Å²) in [5.74, 6) is 0.111. The zero-order valence-corrected chi connectivity index (χ0v) is 16.4. The maximum absolute atomic E-state index is 10.7. The fourth-order valence-corrected chi connectivity index (χ4v) is 3.65. The number of aryl methyl sites for hydroxylation is 1. The number of hydrogen-bond donors (Lipinski definition) is 2. The molecule has 2 aromatic heterocycles. The number of nitrogens with one attached hydrogen (secondary N) is 1. The van der Waals surface area contributed by atoms with Crippen LogP contribution in [-0.4, -0.2) is 25.4 Å². The number of imidazole rings is 1. The molecular formula is C25H20N4O. The van der Waals surface area contributed by atoms with E-state index in [1.165, 1.54) is 0 Å². The van der Waals surface area contributed by atoms with E-state index in [0.717, 1.165) is 33.4 Å². The highest BCUT2D eigenvalue weighted by Gasteiger charge is 2.18. The van der Waals surface area contributed by atoms with Crippen molar-refractivity contribution in [3.63, 3.8) is 0 Å². The lowest BCUT2D eigenvalue weighted by Crippen LogP contribution is -2.02. The number of aromatic hydroxyl groups is 1. The lowest BCUT2D eigenvalue weighted by Gasteiger charge is -2.08. The van der Waals surface area contributed by atoms with Gasteiger partial charge in [-0.3, -0.25) is 0 Å². The molecule has 0 radical (unpaired) electrons. The van der Waals surface area contributed by atoms with Crippen LogP contribution in [0, 0.1) is 0 Å². The van der Waals surface area contributed by atoms with Gasteiger partial charge in [0.25, 0.3) is 0 Å². The lowest BCUT2D eigenvalue weighted by atomic mass is 10.0. The number of para-hydroxylation sites is 1. The second-order valence-corrected chi connectivity index (χ2v) is 7.20. The Labute approximate surface area is 174 Å². The highest BCUT2D eigenvalue weighted by molar-refractivity contribution is 6.21. The van der Waals surface area contributed by atoms with Gasteiger partial charge in [0.1, 0.15) is 0 Å². The number of aliphatic imine (C=N–C) groups is 1. The van der Waals surface area contributed by atoms with E-state index in [1.807, 2.05) is 96.7 Å². The Balaban J connectivity index is 1.70. The van der Waals surface area contributed by atoms with Gasteiger partial charge in [-0.05, 0) is 18.2 Å². The standard InChI is InChI=1S/C25H20N4O/c1-29-15-22(26-16-29)18-10-7-11-19(14-18)27-24(17-8-3-2-4-9-17)23-20-12-5-6-13-21(20)28-25(23)30/h2-16,28,30H,1H3. The monoisotopic (exact) mass is 392 g/mol. The van der Waals surface area contributed by atoms with Crippen molar-refractivity contribution >= 4 is 22.3 Å². The van der Waals surface area contributed by atoms with E-state index in [9.17, 15) is 5.11 Å². The molecule has 0 fully saturated rings. The number of fused-ring (bicyclic) bond motifs is 1. The SMILES string of the molecule is Cn1cnc(-c2cccc(N=C(c3ccccc3)c3c(O)[nH]c4ccccc34)c2)c1. The smallest absolute Gasteiger partial charge is 0.199 e. The molecule has 2 heterocycles. The zero-order chi connectivity index (χ0) is 20.5. The quantitative estimate of drug-likeness (QED) is 0.400. The van der Waals surface area contributed by atoms with Crippen LogP contribution in [0.3, 0.4) is 0 Å². The van der Waals surface area contributed by atoms with Crippen molar-refractivity contribution in [2.75, 3.05) is 0 Å². The molecule has 5 heteroatoms. The van der Waals surface area contributed by atoms with Crippen molar-refractivity contribution in [2.24, 2.45) is 12.0 Å². The Bertz CT molecular complexity index is 1360. The van der Waals surface area contributed by atoms with Gasteiger partial charge in [-0.15, -0.1) is 0 Å². The molecule has 0 aliphatic carbocycles. The van der Waals surface area contributed by atoms with Gasteiger partial charge in [0.05, 0.1) is 29.0 Å². The molecule has 0 atom stereocenters. The van der Waals surface area contributed by atoms with Crippen LogP contribution in [0.25, 0.3) is 22.2 Å². The van der Waals surface area contributed by atoms with Gasteiger partial charge in [0.2, 0.25) is 0 Å². The molecule has 0 amide bonds. The number of aromatic nitrogens is 3. The third kappa shape index (κ3) is 3.26. The summed E-state index contributed by atoms with van der Waals surface area (Å²) in [4.78, 5) is 12.5. The topological polar surface area (TPSA) is 66.2 Å². The van der Waals surface area contributed by atoms with E-state index in [0.29, 0.717) is 11.3 Å². The van der Waals surface area contributed by atoms with Crippen LogP contribution in [0.15, 0.2) is 96.4 Å². The minimum atomic E-state index is 0.111. The first-order valence-corrected chi connectivity index (χ1v) is 9.71. The van der Waals surface area contributed by atoms with Crippen LogP contribution in [0.1, 0.15) is 11.1 Å². The first kappa shape index (κ1) is 17.9. The van der Waals surface area contributed by atoms with Crippen molar-refractivity contribution in [1.82, 2.24) is 14.5 Å². The molecule has 5 aromatic rings. The highest BCUT2D eigenvalue weighted by Crippen LogP contribution is 2.32. The number of H-pyrrole nitrogens is 1. The van der Waals surface area contributed by atoms with Crippen molar-refractivity contribution in [3.05, 3.63) is 103 Å². The highest BCUT2D eigenvalue weighted by atomic mass is 16.3. The molecule has 0 saturated carbocycles.